The fourth-order valence-corrected chi connectivity index (χ4v) is 2.61. The van der Waals surface area contributed by atoms with E-state index in [0.717, 1.165) is 11.4 Å². The van der Waals surface area contributed by atoms with Crippen LogP contribution in [0.2, 0.25) is 5.02 Å². The lowest BCUT2D eigenvalue weighted by atomic mass is 9.87. The van der Waals surface area contributed by atoms with Gasteiger partial charge in [0.15, 0.2) is 0 Å². The first kappa shape index (κ1) is 14.5. The summed E-state index contributed by atoms with van der Waals surface area (Å²) >= 11 is 6.17. The van der Waals surface area contributed by atoms with Gasteiger partial charge in [-0.25, -0.2) is 0 Å². The molecule has 0 saturated heterocycles. The van der Waals surface area contributed by atoms with Gasteiger partial charge in [-0.05, 0) is 36.8 Å². The molecular weight excluding hydrogens is 230 g/mol. The normalized spacial score (nSPS) is 13.0. The Hall–Kier alpha value is -0.530. The summed E-state index contributed by atoms with van der Waals surface area (Å²) in [4.78, 5) is 0. The molecule has 0 aliphatic rings. The van der Waals surface area contributed by atoms with Crippen LogP contribution in [0.1, 0.15) is 45.1 Å². The van der Waals surface area contributed by atoms with Crippen LogP contribution in [0, 0.1) is 5.92 Å². The lowest BCUT2D eigenvalue weighted by Gasteiger charge is -2.23. The predicted octanol–water partition coefficient (Wildman–Crippen LogP) is 4.43. The van der Waals surface area contributed by atoms with Gasteiger partial charge >= 0.3 is 0 Å². The lowest BCUT2D eigenvalue weighted by molar-refractivity contribution is 0.360. The molecule has 1 atom stereocenters. The van der Waals surface area contributed by atoms with E-state index in [1.807, 2.05) is 18.2 Å². The van der Waals surface area contributed by atoms with E-state index in [4.69, 9.17) is 17.3 Å². The highest BCUT2D eigenvalue weighted by atomic mass is 35.5. The second-order valence-electron chi connectivity index (χ2n) is 4.80. The molecule has 0 fully saturated rings. The minimum Gasteiger partial charge on any atom is -0.327 e. The van der Waals surface area contributed by atoms with E-state index < -0.39 is 0 Å². The van der Waals surface area contributed by atoms with Crippen LogP contribution < -0.4 is 5.73 Å². The molecule has 1 aromatic carbocycles. The minimum atomic E-state index is 0.231. The minimum absolute atomic E-state index is 0.231. The van der Waals surface area contributed by atoms with E-state index in [1.54, 1.807) is 0 Å². The fourth-order valence-electron chi connectivity index (χ4n) is 2.40. The molecule has 0 aliphatic carbocycles. The molecule has 17 heavy (non-hydrogen) atoms. The second kappa shape index (κ2) is 7.73. The van der Waals surface area contributed by atoms with Gasteiger partial charge in [0.05, 0.1) is 0 Å². The smallest absolute Gasteiger partial charge is 0.0438 e. The monoisotopic (exact) mass is 253 g/mol. The Labute approximate surface area is 110 Å². The van der Waals surface area contributed by atoms with Gasteiger partial charge in [0.25, 0.3) is 0 Å². The van der Waals surface area contributed by atoms with E-state index in [-0.39, 0.29) is 6.04 Å². The number of benzene rings is 1. The van der Waals surface area contributed by atoms with Crippen LogP contribution in [0.5, 0.6) is 0 Å². The lowest BCUT2D eigenvalue weighted by Crippen LogP contribution is -2.32. The number of hydrogen-bond donors (Lipinski definition) is 1. The molecule has 2 N–H and O–H groups in total. The van der Waals surface area contributed by atoms with Gasteiger partial charge < -0.3 is 5.73 Å². The van der Waals surface area contributed by atoms with Crippen molar-refractivity contribution in [2.24, 2.45) is 11.7 Å². The van der Waals surface area contributed by atoms with Crippen LogP contribution in [0.15, 0.2) is 24.3 Å². The molecule has 0 spiro atoms. The number of nitrogens with two attached hydrogens (primary N) is 1. The van der Waals surface area contributed by atoms with Crippen molar-refractivity contribution in [3.63, 3.8) is 0 Å². The molecule has 1 aromatic rings. The van der Waals surface area contributed by atoms with Crippen molar-refractivity contribution in [1.82, 2.24) is 0 Å². The van der Waals surface area contributed by atoms with Gasteiger partial charge in [-0.3, -0.25) is 0 Å². The van der Waals surface area contributed by atoms with E-state index in [9.17, 15) is 0 Å². The third kappa shape index (κ3) is 4.69. The predicted molar refractivity (Wildman–Crippen MR) is 76.4 cm³/mol. The Bertz CT molecular complexity index is 318. The second-order valence-corrected chi connectivity index (χ2v) is 5.20. The highest BCUT2D eigenvalue weighted by molar-refractivity contribution is 6.31. The quantitative estimate of drug-likeness (QED) is 0.765. The van der Waals surface area contributed by atoms with Gasteiger partial charge in [-0.2, -0.15) is 0 Å². The Morgan fingerprint density at radius 3 is 2.24 bits per heavy atom. The molecule has 1 unspecified atom stereocenters. The van der Waals surface area contributed by atoms with Gasteiger partial charge in [0.2, 0.25) is 0 Å². The molecular formula is C15H24ClN. The first-order valence-electron chi connectivity index (χ1n) is 6.68. The highest BCUT2D eigenvalue weighted by Gasteiger charge is 2.17. The van der Waals surface area contributed by atoms with Gasteiger partial charge in [-0.1, -0.05) is 56.5 Å². The summed E-state index contributed by atoms with van der Waals surface area (Å²) in [5.41, 5.74) is 7.51. The fraction of sp³-hybridized carbons (Fsp3) is 0.600. The SMILES string of the molecule is CCCC(CCC)C(N)Cc1ccccc1Cl. The molecule has 2 heteroatoms. The molecule has 0 bridgehead atoms. The van der Waals surface area contributed by atoms with Gasteiger partial charge in [-0.15, -0.1) is 0 Å². The maximum atomic E-state index is 6.33. The largest absolute Gasteiger partial charge is 0.327 e. The molecule has 1 nitrogen and oxygen atoms in total. The summed E-state index contributed by atoms with van der Waals surface area (Å²) < 4.78 is 0. The van der Waals surface area contributed by atoms with E-state index in [0.29, 0.717) is 5.92 Å². The summed E-state index contributed by atoms with van der Waals surface area (Å²) in [5.74, 6) is 0.626. The van der Waals surface area contributed by atoms with Crippen molar-refractivity contribution >= 4 is 11.6 Å². The molecule has 0 amide bonds. The summed E-state index contributed by atoms with van der Waals surface area (Å²) in [6.45, 7) is 4.45. The van der Waals surface area contributed by atoms with Crippen LogP contribution in [-0.2, 0) is 6.42 Å². The van der Waals surface area contributed by atoms with Crippen LogP contribution in [0.25, 0.3) is 0 Å². The van der Waals surface area contributed by atoms with E-state index >= 15 is 0 Å². The Kier molecular flexibility index (Phi) is 6.61. The zero-order valence-corrected chi connectivity index (χ0v) is 11.7. The average Bonchev–Trinajstić information content (AvgIpc) is 2.32. The Morgan fingerprint density at radius 1 is 1.12 bits per heavy atom. The van der Waals surface area contributed by atoms with Crippen molar-refractivity contribution in [1.29, 1.82) is 0 Å². The molecule has 96 valence electrons. The standard InChI is InChI=1S/C15H24ClN/c1-3-7-12(8-4-2)15(17)11-13-9-5-6-10-14(13)16/h5-6,9-10,12,15H,3-4,7-8,11,17H2,1-2H3. The summed E-state index contributed by atoms with van der Waals surface area (Å²) in [7, 11) is 0. The molecule has 0 aromatic heterocycles. The van der Waals surface area contributed by atoms with Crippen LogP contribution >= 0.6 is 11.6 Å². The summed E-state index contributed by atoms with van der Waals surface area (Å²) in [6.07, 6.45) is 5.75. The van der Waals surface area contributed by atoms with Gasteiger partial charge in [0.1, 0.15) is 0 Å². The maximum Gasteiger partial charge on any atom is 0.0438 e. The third-order valence-electron chi connectivity index (χ3n) is 3.34. The Morgan fingerprint density at radius 2 is 1.71 bits per heavy atom. The van der Waals surface area contributed by atoms with Crippen LogP contribution in [0.4, 0.5) is 0 Å². The topological polar surface area (TPSA) is 26.0 Å². The highest BCUT2D eigenvalue weighted by Crippen LogP contribution is 2.22. The molecule has 0 radical (unpaired) electrons. The number of hydrogen-bond acceptors (Lipinski definition) is 1. The van der Waals surface area contributed by atoms with Crippen LogP contribution in [0.3, 0.4) is 0 Å². The molecule has 0 aliphatic heterocycles. The van der Waals surface area contributed by atoms with Gasteiger partial charge in [0, 0.05) is 11.1 Å². The van der Waals surface area contributed by atoms with Crippen molar-refractivity contribution < 1.29 is 0 Å². The van der Waals surface area contributed by atoms with Crippen molar-refractivity contribution in [2.75, 3.05) is 0 Å². The van der Waals surface area contributed by atoms with Crippen molar-refractivity contribution in [2.45, 2.75) is 52.0 Å². The first-order valence-corrected chi connectivity index (χ1v) is 7.05. The molecule has 0 heterocycles. The Balaban J connectivity index is 2.62. The van der Waals surface area contributed by atoms with E-state index in [2.05, 4.69) is 19.9 Å². The van der Waals surface area contributed by atoms with Crippen molar-refractivity contribution in [3.05, 3.63) is 34.9 Å². The average molecular weight is 254 g/mol. The summed E-state index contributed by atoms with van der Waals surface area (Å²) in [6, 6.07) is 8.25. The first-order chi connectivity index (χ1) is 8.19. The van der Waals surface area contributed by atoms with E-state index in [1.165, 1.54) is 31.2 Å². The third-order valence-corrected chi connectivity index (χ3v) is 3.71. The molecule has 1 rings (SSSR count). The summed E-state index contributed by atoms with van der Waals surface area (Å²) in [5, 5.41) is 0.842. The van der Waals surface area contributed by atoms with Crippen molar-refractivity contribution in [3.8, 4) is 0 Å². The zero-order valence-electron chi connectivity index (χ0n) is 11.0. The molecule has 0 saturated carbocycles. The number of rotatable bonds is 7. The zero-order chi connectivity index (χ0) is 12.7. The maximum absolute atomic E-state index is 6.33. The van der Waals surface area contributed by atoms with Crippen LogP contribution in [-0.4, -0.2) is 6.04 Å². The number of halogens is 1.